The van der Waals surface area contributed by atoms with E-state index in [0.717, 1.165) is 11.0 Å². The van der Waals surface area contributed by atoms with Crippen molar-refractivity contribution in [2.24, 2.45) is 0 Å². The molecule has 0 aliphatic heterocycles. The van der Waals surface area contributed by atoms with Crippen LogP contribution in [-0.4, -0.2) is 61.1 Å². The van der Waals surface area contributed by atoms with Gasteiger partial charge in [-0.3, -0.25) is 0 Å². The number of carboxylic acids is 1. The van der Waals surface area contributed by atoms with Crippen molar-refractivity contribution in [3.63, 3.8) is 0 Å². The summed E-state index contributed by atoms with van der Waals surface area (Å²) in [5, 5.41) is 15.5. The van der Waals surface area contributed by atoms with Gasteiger partial charge in [-0.25, -0.2) is 4.79 Å². The number of likely N-dealkylation sites (N-methyl/N-ethyl adjacent to an activating group) is 1. The average Bonchev–Trinajstić information content (AvgIpc) is 1.82. The first-order valence-corrected chi connectivity index (χ1v) is 3.72. The van der Waals surface area contributed by atoms with Crippen LogP contribution in [0.4, 0.5) is 13.2 Å². The number of alkyl halides is 3. The fourth-order valence-corrected chi connectivity index (χ4v) is 0.300. The molecule has 0 aliphatic carbocycles. The summed E-state index contributed by atoms with van der Waals surface area (Å²) in [6.45, 7) is 1.11. The van der Waals surface area contributed by atoms with Crippen LogP contribution in [0.25, 0.3) is 0 Å². The highest BCUT2D eigenvalue weighted by Gasteiger charge is 2.38. The molecule has 14 heavy (non-hydrogen) atoms. The summed E-state index contributed by atoms with van der Waals surface area (Å²) >= 11 is 0. The molecule has 0 saturated carbocycles. The van der Waals surface area contributed by atoms with Gasteiger partial charge in [0.1, 0.15) is 6.54 Å². The number of aliphatic hydroxyl groups is 1. The van der Waals surface area contributed by atoms with Crippen molar-refractivity contribution < 1.29 is 32.7 Å². The summed E-state index contributed by atoms with van der Waals surface area (Å²) < 4.78 is 32.6. The van der Waals surface area contributed by atoms with Crippen LogP contribution in [0.15, 0.2) is 0 Å². The molecular weight excluding hydrogens is 203 g/mol. The van der Waals surface area contributed by atoms with Gasteiger partial charge in [0.25, 0.3) is 0 Å². The molecule has 0 fully saturated rings. The normalized spacial score (nSPS) is 11.6. The Bertz CT molecular complexity index is 174. The van der Waals surface area contributed by atoms with Gasteiger partial charge < -0.3 is 14.7 Å². The van der Waals surface area contributed by atoms with Gasteiger partial charge in [0, 0.05) is 0 Å². The van der Waals surface area contributed by atoms with Gasteiger partial charge in [-0.2, -0.15) is 13.2 Å². The van der Waals surface area contributed by atoms with Crippen LogP contribution < -0.4 is 0 Å². The Labute approximate surface area is 80.2 Å². The van der Waals surface area contributed by atoms with Crippen LogP contribution in [0.1, 0.15) is 0 Å². The van der Waals surface area contributed by atoms with Crippen molar-refractivity contribution in [3.8, 4) is 0 Å². The highest BCUT2D eigenvalue weighted by molar-refractivity contribution is 5.73. The number of carboxylic acid groups (broad SMARTS) is 1. The number of aliphatic hydroxyl groups excluding tert-OH is 1. The Morgan fingerprint density at radius 3 is 1.57 bits per heavy atom. The van der Waals surface area contributed by atoms with Gasteiger partial charge >= 0.3 is 12.1 Å². The third-order valence-electron chi connectivity index (χ3n) is 1.01. The predicted molar refractivity (Wildman–Crippen MR) is 43.7 cm³/mol. The molecule has 0 aromatic rings. The van der Waals surface area contributed by atoms with E-state index in [-0.39, 0.29) is 6.61 Å². The molecule has 0 rings (SSSR count). The molecule has 0 bridgehead atoms. The summed E-state index contributed by atoms with van der Waals surface area (Å²) in [5.74, 6) is -2.76. The number of carbonyl (C=O) groups is 1. The van der Waals surface area contributed by atoms with Crippen LogP contribution in [0.3, 0.4) is 0 Å². The number of quaternary nitrogens is 1. The molecule has 0 heterocycles. The number of aliphatic carboxylic acids is 1. The van der Waals surface area contributed by atoms with Gasteiger partial charge in [0.05, 0.1) is 27.7 Å². The van der Waals surface area contributed by atoms with Crippen molar-refractivity contribution in [2.75, 3.05) is 34.3 Å². The first-order chi connectivity index (χ1) is 6.00. The molecule has 2 N–H and O–H groups in total. The van der Waals surface area contributed by atoms with E-state index in [1.807, 2.05) is 0 Å². The Morgan fingerprint density at radius 1 is 1.29 bits per heavy atom. The lowest BCUT2D eigenvalue weighted by molar-refractivity contribution is -0.870. The van der Waals surface area contributed by atoms with Gasteiger partial charge in [0.2, 0.25) is 0 Å². The van der Waals surface area contributed by atoms with Crippen molar-refractivity contribution in [1.82, 2.24) is 0 Å². The van der Waals surface area contributed by atoms with Crippen molar-refractivity contribution >= 4 is 5.97 Å². The van der Waals surface area contributed by atoms with E-state index in [1.165, 1.54) is 0 Å². The molecule has 0 saturated heterocycles. The first kappa shape index (κ1) is 15.6. The van der Waals surface area contributed by atoms with E-state index in [1.54, 1.807) is 0 Å². The van der Waals surface area contributed by atoms with Gasteiger partial charge in [-0.15, -0.1) is 0 Å². The molecule has 0 amide bonds. The molecule has 0 atom stereocenters. The zero-order chi connectivity index (χ0) is 12.0. The summed E-state index contributed by atoms with van der Waals surface area (Å²) in [7, 11) is 6.16. The minimum absolute atomic E-state index is 0.281. The minimum atomic E-state index is -5.08. The smallest absolute Gasteiger partial charge is 0.475 e. The largest absolute Gasteiger partial charge is 0.490 e. The lowest BCUT2D eigenvalue weighted by atomic mass is 10.5. The Morgan fingerprint density at radius 2 is 1.57 bits per heavy atom. The fourth-order valence-electron chi connectivity index (χ4n) is 0.300. The van der Waals surface area contributed by atoms with Crippen LogP contribution in [0, 0.1) is 0 Å². The number of hydrogen-bond acceptors (Lipinski definition) is 2. The second-order valence-corrected chi connectivity index (χ2v) is 3.54. The van der Waals surface area contributed by atoms with Crippen LogP contribution in [-0.2, 0) is 4.79 Å². The maximum atomic E-state index is 10.6. The molecule has 4 nitrogen and oxygen atoms in total. The molecule has 0 aromatic heterocycles. The highest BCUT2D eigenvalue weighted by Crippen LogP contribution is 2.13. The SMILES string of the molecule is C[N+](C)(C)CCO.O=C(O)C(F)(F)F. The first-order valence-electron chi connectivity index (χ1n) is 3.72. The molecule has 0 aliphatic rings. The minimum Gasteiger partial charge on any atom is -0.475 e. The zero-order valence-corrected chi connectivity index (χ0v) is 8.30. The van der Waals surface area contributed by atoms with Crippen molar-refractivity contribution in [1.29, 1.82) is 0 Å². The average molecular weight is 218 g/mol. The lowest BCUT2D eigenvalue weighted by Gasteiger charge is -2.21. The predicted octanol–water partition coefficient (Wildman–Crippen LogP) is 0.318. The number of halogens is 3. The zero-order valence-electron chi connectivity index (χ0n) is 8.30. The standard InChI is InChI=1S/C5H14NO.C2HF3O2/c1-6(2,3)4-5-7;3-2(4,5)1(6)7/h7H,4-5H2,1-3H3;(H,6,7)/q+1;. The number of rotatable bonds is 2. The summed E-state index contributed by atoms with van der Waals surface area (Å²) in [6, 6.07) is 0. The van der Waals surface area contributed by atoms with Crippen LogP contribution in [0.2, 0.25) is 0 Å². The van der Waals surface area contributed by atoms with Gasteiger partial charge in [0.15, 0.2) is 0 Å². The molecule has 86 valence electrons. The van der Waals surface area contributed by atoms with Crippen LogP contribution >= 0.6 is 0 Å². The molecule has 7 heteroatoms. The van der Waals surface area contributed by atoms with Crippen molar-refractivity contribution in [2.45, 2.75) is 6.18 Å². The fraction of sp³-hybridized carbons (Fsp3) is 0.857. The number of hydrogen-bond donors (Lipinski definition) is 2. The van der Waals surface area contributed by atoms with E-state index in [9.17, 15) is 13.2 Å². The maximum Gasteiger partial charge on any atom is 0.490 e. The lowest BCUT2D eigenvalue weighted by Crippen LogP contribution is -2.36. The van der Waals surface area contributed by atoms with Crippen LogP contribution in [0.5, 0.6) is 0 Å². The van der Waals surface area contributed by atoms with E-state index >= 15 is 0 Å². The third-order valence-corrected chi connectivity index (χ3v) is 1.01. The molecule has 0 spiro atoms. The maximum absolute atomic E-state index is 10.6. The topological polar surface area (TPSA) is 57.5 Å². The summed E-state index contributed by atoms with van der Waals surface area (Å²) in [6.07, 6.45) is -5.08. The monoisotopic (exact) mass is 218 g/mol. The summed E-state index contributed by atoms with van der Waals surface area (Å²) in [5.41, 5.74) is 0. The van der Waals surface area contributed by atoms with E-state index in [0.29, 0.717) is 0 Å². The third kappa shape index (κ3) is 13.7. The van der Waals surface area contributed by atoms with E-state index in [2.05, 4.69) is 21.1 Å². The highest BCUT2D eigenvalue weighted by atomic mass is 19.4. The quantitative estimate of drug-likeness (QED) is 0.656. The number of nitrogens with zero attached hydrogens (tertiary/aromatic N) is 1. The second kappa shape index (κ2) is 5.82. The second-order valence-electron chi connectivity index (χ2n) is 3.54. The Balaban J connectivity index is 0. The molecule has 0 unspecified atom stereocenters. The van der Waals surface area contributed by atoms with Gasteiger partial charge in [-0.05, 0) is 0 Å². The van der Waals surface area contributed by atoms with E-state index < -0.39 is 12.1 Å². The van der Waals surface area contributed by atoms with Gasteiger partial charge in [-0.1, -0.05) is 0 Å². The van der Waals surface area contributed by atoms with Crippen molar-refractivity contribution in [3.05, 3.63) is 0 Å². The molecule has 0 radical (unpaired) electrons. The Hall–Kier alpha value is -0.820. The molecule has 0 aromatic carbocycles. The van der Waals surface area contributed by atoms with E-state index in [4.69, 9.17) is 15.0 Å². The Kier molecular flexibility index (Phi) is 6.50. The summed E-state index contributed by atoms with van der Waals surface area (Å²) in [4.78, 5) is 8.90. The molecular formula is C7H15F3NO3+.